The van der Waals surface area contributed by atoms with Gasteiger partial charge in [-0.15, -0.1) is 0 Å². The standard InChI is InChI=1S/C26H42O6/c1-21(2,23(5)13-14-25(7)18(15-23)30-25)31-19(27)9-10-20(28)32-22(3,4)24(6)12-11-17-26(8,16-24)29-17/h17-18H,9-16H2,1-8H3. The fraction of sp³-hybridized carbons (Fsp3) is 0.923. The molecule has 2 aliphatic heterocycles. The van der Waals surface area contributed by atoms with Crippen LogP contribution in [0.15, 0.2) is 0 Å². The second-order valence-corrected chi connectivity index (χ2v) is 12.8. The van der Waals surface area contributed by atoms with Crippen LogP contribution in [0.5, 0.6) is 0 Å². The molecule has 2 saturated heterocycles. The van der Waals surface area contributed by atoms with Crippen LogP contribution in [0.2, 0.25) is 0 Å². The van der Waals surface area contributed by atoms with Crippen molar-refractivity contribution in [1.29, 1.82) is 0 Å². The first-order valence-electron chi connectivity index (χ1n) is 12.3. The molecule has 0 bridgehead atoms. The number of carbonyl (C=O) groups excluding carboxylic acids is 2. The zero-order valence-electron chi connectivity index (χ0n) is 21.3. The van der Waals surface area contributed by atoms with Gasteiger partial charge in [0.05, 0.1) is 36.3 Å². The minimum atomic E-state index is -0.625. The van der Waals surface area contributed by atoms with Crippen molar-refractivity contribution in [3.8, 4) is 0 Å². The number of fused-ring (bicyclic) bond motifs is 2. The van der Waals surface area contributed by atoms with E-state index >= 15 is 0 Å². The van der Waals surface area contributed by atoms with Gasteiger partial charge in [-0.1, -0.05) is 13.8 Å². The average molecular weight is 451 g/mol. The molecule has 182 valence electrons. The summed E-state index contributed by atoms with van der Waals surface area (Å²) in [6, 6.07) is 0. The summed E-state index contributed by atoms with van der Waals surface area (Å²) in [7, 11) is 0. The van der Waals surface area contributed by atoms with Gasteiger partial charge in [0, 0.05) is 10.8 Å². The van der Waals surface area contributed by atoms with E-state index in [-0.39, 0.29) is 52.9 Å². The minimum Gasteiger partial charge on any atom is -0.459 e. The first-order valence-corrected chi connectivity index (χ1v) is 12.3. The van der Waals surface area contributed by atoms with Crippen molar-refractivity contribution >= 4 is 11.9 Å². The quantitative estimate of drug-likeness (QED) is 0.396. The molecule has 0 amide bonds. The molecule has 32 heavy (non-hydrogen) atoms. The summed E-state index contributed by atoms with van der Waals surface area (Å²) in [5.74, 6) is -0.692. The van der Waals surface area contributed by atoms with E-state index in [2.05, 4.69) is 27.7 Å². The molecule has 6 heteroatoms. The maximum atomic E-state index is 12.7. The predicted molar refractivity (Wildman–Crippen MR) is 120 cm³/mol. The third kappa shape index (κ3) is 4.11. The van der Waals surface area contributed by atoms with E-state index in [0.29, 0.717) is 6.10 Å². The van der Waals surface area contributed by atoms with Crippen molar-refractivity contribution in [1.82, 2.24) is 0 Å². The van der Waals surface area contributed by atoms with Gasteiger partial charge in [0.2, 0.25) is 0 Å². The molecular formula is C26H42O6. The number of hydrogen-bond donors (Lipinski definition) is 0. The Kier molecular flexibility index (Phi) is 5.38. The van der Waals surface area contributed by atoms with Gasteiger partial charge in [-0.2, -0.15) is 0 Å². The van der Waals surface area contributed by atoms with Crippen molar-refractivity contribution in [3.05, 3.63) is 0 Å². The first-order chi connectivity index (χ1) is 14.5. The fourth-order valence-electron chi connectivity index (χ4n) is 6.11. The Morgan fingerprint density at radius 3 is 1.84 bits per heavy atom. The van der Waals surface area contributed by atoms with E-state index in [1.54, 1.807) is 0 Å². The third-order valence-corrected chi connectivity index (χ3v) is 9.76. The van der Waals surface area contributed by atoms with Crippen LogP contribution in [0.3, 0.4) is 0 Å². The second kappa shape index (κ2) is 7.18. The molecule has 0 radical (unpaired) electrons. The van der Waals surface area contributed by atoms with Crippen LogP contribution >= 0.6 is 0 Å². The molecule has 0 spiro atoms. The van der Waals surface area contributed by atoms with Gasteiger partial charge >= 0.3 is 11.9 Å². The lowest BCUT2D eigenvalue weighted by Gasteiger charge is -2.46. The number of ether oxygens (including phenoxy) is 4. The Labute approximate surface area is 193 Å². The normalized spacial score (nSPS) is 43.0. The molecule has 0 aromatic carbocycles. The predicted octanol–water partition coefficient (Wildman–Crippen LogP) is 5.11. The van der Waals surface area contributed by atoms with Gasteiger partial charge in [-0.3, -0.25) is 9.59 Å². The van der Waals surface area contributed by atoms with E-state index in [0.717, 1.165) is 38.5 Å². The lowest BCUT2D eigenvalue weighted by Crippen LogP contribution is -2.49. The monoisotopic (exact) mass is 450 g/mol. The van der Waals surface area contributed by atoms with Crippen molar-refractivity contribution in [2.45, 2.75) is 141 Å². The molecule has 4 fully saturated rings. The van der Waals surface area contributed by atoms with Gasteiger partial charge in [-0.25, -0.2) is 0 Å². The van der Waals surface area contributed by atoms with Crippen LogP contribution in [0.4, 0.5) is 0 Å². The highest BCUT2D eigenvalue weighted by Crippen LogP contribution is 2.59. The number of esters is 2. The van der Waals surface area contributed by atoms with Crippen molar-refractivity contribution in [3.63, 3.8) is 0 Å². The van der Waals surface area contributed by atoms with Crippen LogP contribution in [0, 0.1) is 10.8 Å². The minimum absolute atomic E-state index is 0.0229. The summed E-state index contributed by atoms with van der Waals surface area (Å²) in [4.78, 5) is 25.3. The summed E-state index contributed by atoms with van der Waals surface area (Å²) in [5, 5.41) is 0. The second-order valence-electron chi connectivity index (χ2n) is 12.8. The maximum absolute atomic E-state index is 12.7. The zero-order chi connectivity index (χ0) is 23.8. The summed E-state index contributed by atoms with van der Waals surface area (Å²) in [6.45, 7) is 16.6. The SMILES string of the molecule is CC12CCC(C)(C(C)(C)OC(=O)CCC(=O)OC(C)(C)C3(C)CCC4OC4(C)C3)CC1O2. The molecule has 0 N–H and O–H groups in total. The number of epoxide rings is 2. The summed E-state index contributed by atoms with van der Waals surface area (Å²) >= 11 is 0. The molecule has 6 unspecified atom stereocenters. The average Bonchev–Trinajstić information content (AvgIpc) is 3.51. The molecule has 0 aromatic rings. The largest absolute Gasteiger partial charge is 0.459 e. The summed E-state index contributed by atoms with van der Waals surface area (Å²) in [6.07, 6.45) is 6.36. The lowest BCUT2D eigenvalue weighted by atomic mass is 9.63. The third-order valence-electron chi connectivity index (χ3n) is 9.76. The van der Waals surface area contributed by atoms with E-state index in [1.165, 1.54) is 0 Å². The van der Waals surface area contributed by atoms with Crippen molar-refractivity contribution in [2.24, 2.45) is 10.8 Å². The highest BCUT2D eigenvalue weighted by atomic mass is 16.6. The zero-order valence-corrected chi connectivity index (χ0v) is 21.3. The summed E-state index contributed by atoms with van der Waals surface area (Å²) in [5.41, 5.74) is -1.59. The van der Waals surface area contributed by atoms with E-state index in [4.69, 9.17) is 18.9 Å². The van der Waals surface area contributed by atoms with Gasteiger partial charge in [0.15, 0.2) is 0 Å². The molecule has 6 nitrogen and oxygen atoms in total. The van der Waals surface area contributed by atoms with Crippen LogP contribution in [-0.2, 0) is 28.5 Å². The molecule has 6 atom stereocenters. The lowest BCUT2D eigenvalue weighted by molar-refractivity contribution is -0.180. The Balaban J connectivity index is 1.27. The van der Waals surface area contributed by atoms with Gasteiger partial charge < -0.3 is 18.9 Å². The van der Waals surface area contributed by atoms with Crippen LogP contribution in [-0.4, -0.2) is 46.6 Å². The smallest absolute Gasteiger partial charge is 0.306 e. The van der Waals surface area contributed by atoms with Crippen molar-refractivity contribution < 1.29 is 28.5 Å². The van der Waals surface area contributed by atoms with E-state index in [9.17, 15) is 9.59 Å². The Bertz CT molecular complexity index is 804. The van der Waals surface area contributed by atoms with Gasteiger partial charge in [0.25, 0.3) is 0 Å². The number of hydrogen-bond acceptors (Lipinski definition) is 6. The highest BCUT2D eigenvalue weighted by Gasteiger charge is 2.63. The Morgan fingerprint density at radius 1 is 0.781 bits per heavy atom. The molecule has 2 saturated carbocycles. The van der Waals surface area contributed by atoms with Crippen LogP contribution < -0.4 is 0 Å². The molecule has 2 heterocycles. The van der Waals surface area contributed by atoms with E-state index < -0.39 is 11.2 Å². The molecule has 2 aliphatic carbocycles. The Hall–Kier alpha value is -1.14. The first kappa shape index (κ1) is 24.0. The van der Waals surface area contributed by atoms with Crippen LogP contribution in [0.25, 0.3) is 0 Å². The fourth-order valence-corrected chi connectivity index (χ4v) is 6.11. The van der Waals surface area contributed by atoms with Crippen molar-refractivity contribution in [2.75, 3.05) is 0 Å². The molecule has 4 rings (SSSR count). The molecule has 0 aromatic heterocycles. The molecular weight excluding hydrogens is 408 g/mol. The number of rotatable bonds is 7. The molecule has 4 aliphatic rings. The highest BCUT2D eigenvalue weighted by molar-refractivity contribution is 5.78. The number of carbonyl (C=O) groups is 2. The van der Waals surface area contributed by atoms with Crippen LogP contribution in [0.1, 0.15) is 107 Å². The van der Waals surface area contributed by atoms with Gasteiger partial charge in [-0.05, 0) is 80.1 Å². The summed E-state index contributed by atoms with van der Waals surface area (Å²) < 4.78 is 23.5. The van der Waals surface area contributed by atoms with E-state index in [1.807, 2.05) is 27.7 Å². The van der Waals surface area contributed by atoms with Gasteiger partial charge in [0.1, 0.15) is 11.2 Å². The maximum Gasteiger partial charge on any atom is 0.306 e. The Morgan fingerprint density at radius 2 is 1.31 bits per heavy atom. The topological polar surface area (TPSA) is 77.7 Å².